The number of aryl methyl sites for hydroxylation is 2. The summed E-state index contributed by atoms with van der Waals surface area (Å²) in [6.07, 6.45) is 6.42. The largest absolute Gasteiger partial charge is 0.465 e. The van der Waals surface area contributed by atoms with Crippen LogP contribution in [0.4, 0.5) is 0 Å². The summed E-state index contributed by atoms with van der Waals surface area (Å²) in [5, 5.41) is 12.1. The third-order valence-corrected chi connectivity index (χ3v) is 12.0. The quantitative estimate of drug-likeness (QED) is 0.160. The molecule has 8 nitrogen and oxygen atoms in total. The van der Waals surface area contributed by atoms with E-state index in [4.69, 9.17) is 9.47 Å². The summed E-state index contributed by atoms with van der Waals surface area (Å²) < 4.78 is 11.3. The van der Waals surface area contributed by atoms with Crippen molar-refractivity contribution < 1.29 is 29.0 Å². The van der Waals surface area contributed by atoms with E-state index < -0.39 is 35.0 Å². The van der Waals surface area contributed by atoms with Crippen molar-refractivity contribution in [2.75, 3.05) is 12.9 Å². The van der Waals surface area contributed by atoms with Gasteiger partial charge < -0.3 is 14.6 Å². The first-order valence-electron chi connectivity index (χ1n) is 15.4. The Balaban J connectivity index is 1.63. The minimum atomic E-state index is -0.705. The van der Waals surface area contributed by atoms with Crippen LogP contribution in [0.3, 0.4) is 0 Å². The fourth-order valence-corrected chi connectivity index (χ4v) is 9.07. The number of esters is 2. The second-order valence-electron chi connectivity index (χ2n) is 13.4. The van der Waals surface area contributed by atoms with E-state index in [0.717, 1.165) is 32.1 Å². The molecule has 1 aromatic heterocycles. The van der Waals surface area contributed by atoms with Crippen molar-refractivity contribution in [1.29, 1.82) is 0 Å². The zero-order valence-electron chi connectivity index (χ0n) is 26.3. The monoisotopic (exact) mass is 600 g/mol. The highest BCUT2D eigenvalue weighted by Crippen LogP contribution is 2.68. The van der Waals surface area contributed by atoms with Gasteiger partial charge in [0, 0.05) is 23.2 Å². The van der Waals surface area contributed by atoms with Gasteiger partial charge in [-0.2, -0.15) is 0 Å². The molecule has 0 amide bonds. The van der Waals surface area contributed by atoms with Crippen LogP contribution >= 0.6 is 11.8 Å². The topological polar surface area (TPSA) is 116 Å². The van der Waals surface area contributed by atoms with E-state index in [0.29, 0.717) is 41.4 Å². The lowest BCUT2D eigenvalue weighted by molar-refractivity contribution is -0.205. The summed E-state index contributed by atoms with van der Waals surface area (Å²) in [5.74, 6) is -0.843. The van der Waals surface area contributed by atoms with Crippen molar-refractivity contribution in [1.82, 2.24) is 9.97 Å². The lowest BCUT2D eigenvalue weighted by atomic mass is 9.44. The van der Waals surface area contributed by atoms with Crippen LogP contribution in [0, 0.1) is 40.9 Å². The van der Waals surface area contributed by atoms with Gasteiger partial charge in [-0.05, 0) is 62.7 Å². The van der Waals surface area contributed by atoms with Gasteiger partial charge in [0.2, 0.25) is 0 Å². The van der Waals surface area contributed by atoms with Gasteiger partial charge in [0.15, 0.2) is 5.16 Å². The van der Waals surface area contributed by atoms with E-state index in [-0.39, 0.29) is 34.7 Å². The van der Waals surface area contributed by atoms with Gasteiger partial charge in [-0.3, -0.25) is 9.59 Å². The number of ether oxygens (including phenoxy) is 2. The van der Waals surface area contributed by atoms with Gasteiger partial charge in [-0.25, -0.2) is 14.8 Å². The Morgan fingerprint density at radius 1 is 1.21 bits per heavy atom. The molecule has 3 aliphatic carbocycles. The summed E-state index contributed by atoms with van der Waals surface area (Å²) in [5.41, 5.74) is -0.0400. The molecule has 0 aliphatic heterocycles. The number of aliphatic hydroxyl groups is 1. The van der Waals surface area contributed by atoms with Crippen LogP contribution in [0.15, 0.2) is 17.8 Å². The SMILES string of the molecule is C=C[C@]1(C)C[C@@H](OC(=O)CSc2nc(C)c(C(=O)OC)c(CCCC)n2)[C@]2(C)[C@H](C)CC[C@]3(CCC(=O)[C@H]32)[C@@H](C)[C@@H]1O. The molecule has 3 saturated carbocycles. The molecule has 9 heteroatoms. The lowest BCUT2D eigenvalue weighted by Crippen LogP contribution is -2.63. The van der Waals surface area contributed by atoms with Crippen LogP contribution in [0.1, 0.15) is 101 Å². The fourth-order valence-electron chi connectivity index (χ4n) is 8.38. The van der Waals surface area contributed by atoms with Crippen LogP contribution in [-0.2, 0) is 25.5 Å². The summed E-state index contributed by atoms with van der Waals surface area (Å²) in [6, 6.07) is 0. The van der Waals surface area contributed by atoms with Crippen molar-refractivity contribution >= 4 is 29.5 Å². The zero-order valence-corrected chi connectivity index (χ0v) is 27.1. The maximum atomic E-state index is 13.6. The molecule has 4 rings (SSSR count). The van der Waals surface area contributed by atoms with Crippen molar-refractivity contribution in [3.05, 3.63) is 29.6 Å². The molecule has 0 aromatic carbocycles. The van der Waals surface area contributed by atoms with Crippen molar-refractivity contribution in [2.24, 2.45) is 34.0 Å². The molecule has 0 radical (unpaired) electrons. The van der Waals surface area contributed by atoms with Gasteiger partial charge in [-0.1, -0.05) is 58.9 Å². The Labute approximate surface area is 254 Å². The maximum Gasteiger partial charge on any atom is 0.341 e. The highest BCUT2D eigenvalue weighted by molar-refractivity contribution is 7.99. The maximum absolute atomic E-state index is 13.6. The van der Waals surface area contributed by atoms with Crippen LogP contribution in [-0.4, -0.2) is 57.9 Å². The van der Waals surface area contributed by atoms with E-state index in [1.54, 1.807) is 13.0 Å². The van der Waals surface area contributed by atoms with Crippen LogP contribution in [0.25, 0.3) is 0 Å². The number of ketones is 1. The normalized spacial score (nSPS) is 36.0. The molecule has 232 valence electrons. The summed E-state index contributed by atoms with van der Waals surface area (Å²) in [7, 11) is 1.34. The number of aliphatic hydroxyl groups excluding tert-OH is 1. The van der Waals surface area contributed by atoms with Gasteiger partial charge in [-0.15, -0.1) is 6.58 Å². The Bertz CT molecular complexity index is 1240. The smallest absolute Gasteiger partial charge is 0.341 e. The molecule has 0 saturated heterocycles. The molecular formula is C33H48N2O6S. The minimum absolute atomic E-state index is 0.0152. The molecule has 42 heavy (non-hydrogen) atoms. The number of carbonyl (C=O) groups excluding carboxylic acids is 3. The Kier molecular flexibility index (Phi) is 9.63. The highest BCUT2D eigenvalue weighted by atomic mass is 32.2. The van der Waals surface area contributed by atoms with Crippen molar-refractivity contribution in [3.63, 3.8) is 0 Å². The molecule has 0 unspecified atom stereocenters. The van der Waals surface area contributed by atoms with E-state index >= 15 is 0 Å². The van der Waals surface area contributed by atoms with Crippen molar-refractivity contribution in [3.8, 4) is 0 Å². The molecular weight excluding hydrogens is 552 g/mol. The number of carbonyl (C=O) groups is 3. The minimum Gasteiger partial charge on any atom is -0.465 e. The number of rotatable bonds is 9. The van der Waals surface area contributed by atoms with Crippen LogP contribution in [0.5, 0.6) is 0 Å². The standard InChI is InChI=1S/C33H48N2O6S/c1-9-11-12-22-26(29(39)40-8)21(5)34-30(35-22)42-18-25(37)41-24-17-31(6,10-2)28(38)20(4)33-15-13-19(3)32(24,7)27(33)23(36)14-16-33/h10,19-20,24,27-28,38H,2,9,11-18H2,1,3-8H3/t19-,20+,24-,27+,28+,31-,32+,33+/m1/s1. The lowest BCUT2D eigenvalue weighted by Gasteiger charge is -2.61. The van der Waals surface area contributed by atoms with E-state index in [1.807, 2.05) is 6.92 Å². The van der Waals surface area contributed by atoms with E-state index in [1.165, 1.54) is 18.9 Å². The first-order chi connectivity index (χ1) is 19.8. The predicted molar refractivity (Wildman–Crippen MR) is 162 cm³/mol. The second-order valence-corrected chi connectivity index (χ2v) is 14.3. The van der Waals surface area contributed by atoms with Gasteiger partial charge >= 0.3 is 11.9 Å². The summed E-state index contributed by atoms with van der Waals surface area (Å²) >= 11 is 1.18. The van der Waals surface area contributed by atoms with Gasteiger partial charge in [0.1, 0.15) is 17.5 Å². The Morgan fingerprint density at radius 2 is 1.93 bits per heavy atom. The highest BCUT2D eigenvalue weighted by Gasteiger charge is 2.68. The van der Waals surface area contributed by atoms with Crippen LogP contribution < -0.4 is 0 Å². The molecule has 1 aromatic rings. The fraction of sp³-hybridized carbons (Fsp3) is 0.727. The number of nitrogens with zero attached hydrogens (tertiary/aromatic N) is 2. The van der Waals surface area contributed by atoms with Gasteiger partial charge in [0.25, 0.3) is 0 Å². The molecule has 2 bridgehead atoms. The Hall–Kier alpha value is -2.26. The molecule has 3 fully saturated rings. The van der Waals surface area contributed by atoms with Gasteiger partial charge in [0.05, 0.1) is 30.4 Å². The average Bonchev–Trinajstić information content (AvgIpc) is 3.32. The number of Topliss-reactive ketones (excluding diaryl/α,β-unsaturated/α-hetero) is 1. The predicted octanol–water partition coefficient (Wildman–Crippen LogP) is 5.91. The number of methoxy groups -OCH3 is 1. The van der Waals surface area contributed by atoms with E-state index in [9.17, 15) is 19.5 Å². The summed E-state index contributed by atoms with van der Waals surface area (Å²) in [4.78, 5) is 48.6. The molecule has 1 N–H and O–H groups in total. The molecule has 3 aliphatic rings. The molecule has 8 atom stereocenters. The number of aromatic nitrogens is 2. The average molecular weight is 601 g/mol. The molecule has 0 spiro atoms. The number of hydrogen-bond acceptors (Lipinski definition) is 9. The molecule has 1 heterocycles. The Morgan fingerprint density at radius 3 is 2.57 bits per heavy atom. The van der Waals surface area contributed by atoms with E-state index in [2.05, 4.69) is 44.2 Å². The first kappa shape index (κ1) is 32.6. The third-order valence-electron chi connectivity index (χ3n) is 11.2. The number of thioether (sulfide) groups is 1. The second kappa shape index (κ2) is 12.4. The number of unbranched alkanes of at least 4 members (excludes halogenated alkanes) is 1. The third kappa shape index (κ3) is 5.44. The summed E-state index contributed by atoms with van der Waals surface area (Å²) in [6.45, 7) is 16.3. The zero-order chi connectivity index (χ0) is 31.0. The van der Waals surface area contributed by atoms with Crippen LogP contribution in [0.2, 0.25) is 0 Å². The first-order valence-corrected chi connectivity index (χ1v) is 16.4. The van der Waals surface area contributed by atoms with Crippen molar-refractivity contribution in [2.45, 2.75) is 110 Å². The number of hydrogen-bond donors (Lipinski definition) is 1.